The smallest absolute Gasteiger partial charge is 0.228 e. The van der Waals surface area contributed by atoms with Gasteiger partial charge in [0.15, 0.2) is 5.82 Å². The molecule has 1 aromatic heterocycles. The van der Waals surface area contributed by atoms with Crippen LogP contribution in [0.5, 0.6) is 0 Å². The van der Waals surface area contributed by atoms with Crippen LogP contribution in [0.15, 0.2) is 6.07 Å². The van der Waals surface area contributed by atoms with Gasteiger partial charge >= 0.3 is 0 Å². The van der Waals surface area contributed by atoms with E-state index in [2.05, 4.69) is 22.4 Å². The Labute approximate surface area is 95.8 Å². The Morgan fingerprint density at radius 2 is 2.31 bits per heavy atom. The maximum atomic E-state index is 11.8. The van der Waals surface area contributed by atoms with Crippen LogP contribution in [-0.2, 0) is 11.2 Å². The number of aromatic amines is 1. The van der Waals surface area contributed by atoms with Crippen LogP contribution < -0.4 is 5.32 Å². The van der Waals surface area contributed by atoms with Crippen molar-refractivity contribution in [3.05, 3.63) is 11.8 Å². The van der Waals surface area contributed by atoms with E-state index < -0.39 is 0 Å². The molecule has 1 aliphatic rings. The number of amides is 1. The number of nitrogens with one attached hydrogen (secondary N) is 2. The van der Waals surface area contributed by atoms with E-state index in [-0.39, 0.29) is 11.8 Å². The lowest BCUT2D eigenvalue weighted by Crippen LogP contribution is -2.20. The number of hydrogen-bond donors (Lipinski definition) is 2. The van der Waals surface area contributed by atoms with E-state index in [0.717, 1.165) is 31.4 Å². The molecule has 0 spiro atoms. The van der Waals surface area contributed by atoms with Gasteiger partial charge < -0.3 is 5.32 Å². The van der Waals surface area contributed by atoms with E-state index in [0.29, 0.717) is 5.82 Å². The predicted molar refractivity (Wildman–Crippen MR) is 63.2 cm³/mol. The summed E-state index contributed by atoms with van der Waals surface area (Å²) in [6.45, 7) is 2.12. The van der Waals surface area contributed by atoms with Crippen LogP contribution >= 0.6 is 0 Å². The molecule has 1 saturated carbocycles. The highest BCUT2D eigenvalue weighted by Crippen LogP contribution is 2.25. The van der Waals surface area contributed by atoms with Gasteiger partial charge in [-0.3, -0.25) is 9.89 Å². The molecule has 2 N–H and O–H groups in total. The van der Waals surface area contributed by atoms with Crippen molar-refractivity contribution in [3.63, 3.8) is 0 Å². The topological polar surface area (TPSA) is 57.8 Å². The van der Waals surface area contributed by atoms with Crippen molar-refractivity contribution < 1.29 is 4.79 Å². The molecule has 2 rings (SSSR count). The summed E-state index contributed by atoms with van der Waals surface area (Å²) in [5.41, 5.74) is 1.09. The second-order valence-electron chi connectivity index (χ2n) is 4.50. The average Bonchev–Trinajstić information content (AvgIpc) is 2.89. The number of aryl methyl sites for hydroxylation is 1. The summed E-state index contributed by atoms with van der Waals surface area (Å²) >= 11 is 0. The Balaban J connectivity index is 1.89. The molecule has 1 amide bonds. The zero-order chi connectivity index (χ0) is 11.4. The van der Waals surface area contributed by atoms with Gasteiger partial charge in [-0.1, -0.05) is 26.2 Å². The standard InChI is InChI=1S/C12H19N3O/c1-2-5-10-8-11(15-14-10)13-12(16)9-6-3-4-7-9/h8-9H,2-7H2,1H3,(H2,13,14,15,16). The number of aromatic nitrogens is 2. The van der Waals surface area contributed by atoms with Crippen molar-refractivity contribution in [1.29, 1.82) is 0 Å². The van der Waals surface area contributed by atoms with Gasteiger partial charge in [0.05, 0.1) is 0 Å². The second-order valence-corrected chi connectivity index (χ2v) is 4.50. The number of hydrogen-bond acceptors (Lipinski definition) is 2. The molecule has 0 atom stereocenters. The molecule has 4 nitrogen and oxygen atoms in total. The first kappa shape index (κ1) is 11.2. The molecule has 0 unspecified atom stereocenters. The molecule has 0 saturated heterocycles. The number of nitrogens with zero attached hydrogens (tertiary/aromatic N) is 1. The van der Waals surface area contributed by atoms with E-state index >= 15 is 0 Å². The molecule has 0 aromatic carbocycles. The second kappa shape index (κ2) is 5.14. The van der Waals surface area contributed by atoms with E-state index in [1.165, 1.54) is 12.8 Å². The third-order valence-electron chi connectivity index (χ3n) is 3.13. The SMILES string of the molecule is CCCc1cc(NC(=O)C2CCCC2)n[nH]1. The highest BCUT2D eigenvalue weighted by atomic mass is 16.1. The Morgan fingerprint density at radius 1 is 1.56 bits per heavy atom. The Hall–Kier alpha value is -1.32. The molecular formula is C12H19N3O. The maximum Gasteiger partial charge on any atom is 0.228 e. The molecule has 1 fully saturated rings. The molecule has 1 heterocycles. The van der Waals surface area contributed by atoms with Crippen LogP contribution in [0.3, 0.4) is 0 Å². The van der Waals surface area contributed by atoms with Crippen molar-refractivity contribution in [2.75, 3.05) is 5.32 Å². The number of rotatable bonds is 4. The van der Waals surface area contributed by atoms with E-state index in [4.69, 9.17) is 0 Å². The molecule has 1 aliphatic carbocycles. The normalized spacial score (nSPS) is 16.6. The van der Waals surface area contributed by atoms with E-state index in [1.54, 1.807) is 0 Å². The summed E-state index contributed by atoms with van der Waals surface area (Å²) in [5, 5.41) is 9.91. The van der Waals surface area contributed by atoms with Gasteiger partial charge in [-0.05, 0) is 19.3 Å². The average molecular weight is 221 g/mol. The minimum atomic E-state index is 0.132. The number of anilines is 1. The predicted octanol–water partition coefficient (Wildman–Crippen LogP) is 2.49. The lowest BCUT2D eigenvalue weighted by Gasteiger charge is -2.07. The molecule has 88 valence electrons. The van der Waals surface area contributed by atoms with Crippen LogP contribution in [0.25, 0.3) is 0 Å². The summed E-state index contributed by atoms with van der Waals surface area (Å²) in [7, 11) is 0. The zero-order valence-corrected chi connectivity index (χ0v) is 9.75. The molecule has 0 aliphatic heterocycles. The highest BCUT2D eigenvalue weighted by molar-refractivity contribution is 5.91. The summed E-state index contributed by atoms with van der Waals surface area (Å²) < 4.78 is 0. The van der Waals surface area contributed by atoms with Crippen LogP contribution in [0, 0.1) is 5.92 Å². The fourth-order valence-electron chi connectivity index (χ4n) is 2.24. The maximum absolute atomic E-state index is 11.8. The molecular weight excluding hydrogens is 202 g/mol. The Morgan fingerprint density at radius 3 is 3.00 bits per heavy atom. The fraction of sp³-hybridized carbons (Fsp3) is 0.667. The van der Waals surface area contributed by atoms with Crippen molar-refractivity contribution >= 4 is 11.7 Å². The van der Waals surface area contributed by atoms with Crippen LogP contribution in [0.4, 0.5) is 5.82 Å². The molecule has 1 aromatic rings. The number of carbonyl (C=O) groups is 1. The molecule has 4 heteroatoms. The third-order valence-corrected chi connectivity index (χ3v) is 3.13. The Bertz CT molecular complexity index is 353. The van der Waals surface area contributed by atoms with Gasteiger partial charge in [-0.2, -0.15) is 5.10 Å². The van der Waals surface area contributed by atoms with Crippen molar-refractivity contribution in [1.82, 2.24) is 10.2 Å². The Kier molecular flexibility index (Phi) is 3.59. The molecule has 16 heavy (non-hydrogen) atoms. The fourth-order valence-corrected chi connectivity index (χ4v) is 2.24. The summed E-state index contributed by atoms with van der Waals surface area (Å²) in [5.74, 6) is 0.999. The third kappa shape index (κ3) is 2.62. The monoisotopic (exact) mass is 221 g/mol. The van der Waals surface area contributed by atoms with Crippen molar-refractivity contribution in [2.24, 2.45) is 5.92 Å². The number of H-pyrrole nitrogens is 1. The molecule has 0 radical (unpaired) electrons. The largest absolute Gasteiger partial charge is 0.309 e. The first-order valence-corrected chi connectivity index (χ1v) is 6.14. The minimum Gasteiger partial charge on any atom is -0.309 e. The van der Waals surface area contributed by atoms with Gasteiger partial charge in [0.1, 0.15) is 0 Å². The summed E-state index contributed by atoms with van der Waals surface area (Å²) in [6, 6.07) is 1.93. The van der Waals surface area contributed by atoms with Crippen molar-refractivity contribution in [3.8, 4) is 0 Å². The van der Waals surface area contributed by atoms with Crippen LogP contribution in [0.2, 0.25) is 0 Å². The first-order valence-electron chi connectivity index (χ1n) is 6.14. The van der Waals surface area contributed by atoms with Gasteiger partial charge in [0.25, 0.3) is 0 Å². The van der Waals surface area contributed by atoms with Crippen LogP contribution in [0.1, 0.15) is 44.7 Å². The summed E-state index contributed by atoms with van der Waals surface area (Å²) in [4.78, 5) is 11.8. The van der Waals surface area contributed by atoms with Gasteiger partial charge in [0.2, 0.25) is 5.91 Å². The van der Waals surface area contributed by atoms with Gasteiger partial charge in [-0.15, -0.1) is 0 Å². The van der Waals surface area contributed by atoms with Gasteiger partial charge in [-0.25, -0.2) is 0 Å². The lowest BCUT2D eigenvalue weighted by atomic mass is 10.1. The lowest BCUT2D eigenvalue weighted by molar-refractivity contribution is -0.119. The van der Waals surface area contributed by atoms with Crippen LogP contribution in [-0.4, -0.2) is 16.1 Å². The minimum absolute atomic E-state index is 0.132. The molecule has 0 bridgehead atoms. The van der Waals surface area contributed by atoms with E-state index in [9.17, 15) is 4.79 Å². The number of carbonyl (C=O) groups excluding carboxylic acids is 1. The first-order chi connectivity index (χ1) is 7.79. The summed E-state index contributed by atoms with van der Waals surface area (Å²) in [6.07, 6.45) is 6.47. The highest BCUT2D eigenvalue weighted by Gasteiger charge is 2.23. The zero-order valence-electron chi connectivity index (χ0n) is 9.75. The van der Waals surface area contributed by atoms with Crippen molar-refractivity contribution in [2.45, 2.75) is 45.4 Å². The van der Waals surface area contributed by atoms with Gasteiger partial charge in [0, 0.05) is 17.7 Å². The quantitative estimate of drug-likeness (QED) is 0.820. The van der Waals surface area contributed by atoms with E-state index in [1.807, 2.05) is 6.07 Å².